The Kier molecular flexibility index (Phi) is 6.61. The van der Waals surface area contributed by atoms with E-state index in [-0.39, 0.29) is 11.3 Å². The van der Waals surface area contributed by atoms with E-state index in [1.165, 1.54) is 24.3 Å². The van der Waals surface area contributed by atoms with E-state index in [0.29, 0.717) is 22.9 Å². The van der Waals surface area contributed by atoms with E-state index in [1.54, 1.807) is 48.5 Å². The molecule has 0 aliphatic carbocycles. The summed E-state index contributed by atoms with van der Waals surface area (Å²) in [4.78, 5) is 34.3. The number of benzene rings is 3. The second-order valence-corrected chi connectivity index (χ2v) is 6.59. The summed E-state index contributed by atoms with van der Waals surface area (Å²) in [6.07, 6.45) is 0. The van der Waals surface area contributed by atoms with Gasteiger partial charge in [-0.3, -0.25) is 30.6 Å². The van der Waals surface area contributed by atoms with Crippen molar-refractivity contribution in [1.82, 2.24) is 10.9 Å². The lowest BCUT2D eigenvalue weighted by Gasteiger charge is -2.09. The van der Waals surface area contributed by atoms with Crippen LogP contribution in [-0.4, -0.2) is 16.7 Å². The minimum atomic E-state index is -0.591. The average molecular weight is 426 g/mol. The molecule has 9 heteroatoms. The number of carbonyl (C=O) groups excluding carboxylic acids is 2. The number of nitrogens with one attached hydrogen (secondary N) is 2. The van der Waals surface area contributed by atoms with Gasteiger partial charge in [0.25, 0.3) is 17.5 Å². The smallest absolute Gasteiger partial charge is 0.269 e. The summed E-state index contributed by atoms with van der Waals surface area (Å²) >= 11 is 5.83. The number of non-ortho nitro benzene ring substituents is 1. The Labute approximate surface area is 176 Å². The monoisotopic (exact) mass is 425 g/mol. The normalized spacial score (nSPS) is 10.2. The van der Waals surface area contributed by atoms with Crippen molar-refractivity contribution < 1.29 is 19.2 Å². The Morgan fingerprint density at radius 1 is 0.833 bits per heavy atom. The van der Waals surface area contributed by atoms with E-state index in [4.69, 9.17) is 16.3 Å². The fourth-order valence-corrected chi connectivity index (χ4v) is 2.57. The summed E-state index contributed by atoms with van der Waals surface area (Å²) in [5.74, 6) is -0.420. The van der Waals surface area contributed by atoms with Crippen molar-refractivity contribution in [3.63, 3.8) is 0 Å². The molecule has 0 aliphatic rings. The molecule has 3 aromatic rings. The largest absolute Gasteiger partial charge is 0.489 e. The Hall–Kier alpha value is -3.91. The Bertz CT molecular complexity index is 1050. The molecule has 8 nitrogen and oxygen atoms in total. The minimum Gasteiger partial charge on any atom is -0.489 e. The molecular weight excluding hydrogens is 410 g/mol. The molecule has 152 valence electrons. The van der Waals surface area contributed by atoms with Crippen LogP contribution in [0.2, 0.25) is 5.02 Å². The van der Waals surface area contributed by atoms with E-state index in [1.807, 2.05) is 0 Å². The standard InChI is InChI=1S/C21H16ClN3O5/c22-17-7-11-19(12-8-17)30-13-14-1-3-15(4-2-14)20(26)23-24-21(27)16-5-9-18(10-6-16)25(28)29/h1-12H,13H2,(H,23,26)(H,24,27). The Morgan fingerprint density at radius 2 is 1.33 bits per heavy atom. The first-order chi connectivity index (χ1) is 14.4. The number of halogens is 1. The summed E-state index contributed by atoms with van der Waals surface area (Å²) in [5, 5.41) is 11.3. The van der Waals surface area contributed by atoms with E-state index >= 15 is 0 Å². The number of nitrogens with zero attached hydrogens (tertiary/aromatic N) is 1. The zero-order chi connectivity index (χ0) is 21.5. The van der Waals surface area contributed by atoms with Gasteiger partial charge in [0, 0.05) is 28.3 Å². The molecule has 2 amide bonds. The molecule has 0 aliphatic heterocycles. The quantitative estimate of drug-likeness (QED) is 0.459. The summed E-state index contributed by atoms with van der Waals surface area (Å²) in [5.41, 5.74) is 5.82. The third-order valence-electron chi connectivity index (χ3n) is 4.07. The molecule has 0 spiro atoms. The van der Waals surface area contributed by atoms with Crippen LogP contribution >= 0.6 is 11.6 Å². The highest BCUT2D eigenvalue weighted by molar-refractivity contribution is 6.30. The molecule has 0 atom stereocenters. The molecule has 0 heterocycles. The van der Waals surface area contributed by atoms with Crippen LogP contribution in [0.3, 0.4) is 0 Å². The lowest BCUT2D eigenvalue weighted by molar-refractivity contribution is -0.384. The predicted octanol–water partition coefficient (Wildman–Crippen LogP) is 3.90. The molecule has 3 rings (SSSR count). The van der Waals surface area contributed by atoms with Crippen LogP contribution in [0.15, 0.2) is 72.8 Å². The number of rotatable bonds is 6. The first-order valence-corrected chi connectivity index (χ1v) is 9.12. The van der Waals surface area contributed by atoms with Crippen LogP contribution in [0.1, 0.15) is 26.3 Å². The van der Waals surface area contributed by atoms with E-state index in [9.17, 15) is 19.7 Å². The van der Waals surface area contributed by atoms with Crippen molar-refractivity contribution in [2.75, 3.05) is 0 Å². The van der Waals surface area contributed by atoms with Gasteiger partial charge in [0.05, 0.1) is 4.92 Å². The van der Waals surface area contributed by atoms with E-state index < -0.39 is 16.7 Å². The second kappa shape index (κ2) is 9.53. The summed E-state index contributed by atoms with van der Waals surface area (Å²) in [6, 6.07) is 18.7. The Morgan fingerprint density at radius 3 is 1.83 bits per heavy atom. The first kappa shape index (κ1) is 20.8. The molecule has 3 aromatic carbocycles. The highest BCUT2D eigenvalue weighted by atomic mass is 35.5. The van der Waals surface area contributed by atoms with Crippen LogP contribution in [0.25, 0.3) is 0 Å². The van der Waals surface area contributed by atoms with E-state index in [0.717, 1.165) is 5.56 Å². The van der Waals surface area contributed by atoms with Crippen molar-refractivity contribution >= 4 is 29.1 Å². The number of ether oxygens (including phenoxy) is 1. The van der Waals surface area contributed by atoms with Gasteiger partial charge in [-0.05, 0) is 54.1 Å². The van der Waals surface area contributed by atoms with Gasteiger partial charge in [0.1, 0.15) is 12.4 Å². The van der Waals surface area contributed by atoms with Gasteiger partial charge in [-0.25, -0.2) is 0 Å². The molecule has 0 bridgehead atoms. The van der Waals surface area contributed by atoms with Crippen molar-refractivity contribution in [2.45, 2.75) is 6.61 Å². The zero-order valence-electron chi connectivity index (χ0n) is 15.5. The number of hydrogen-bond acceptors (Lipinski definition) is 5. The molecule has 0 radical (unpaired) electrons. The second-order valence-electron chi connectivity index (χ2n) is 6.15. The van der Waals surface area contributed by atoms with Crippen molar-refractivity contribution in [3.8, 4) is 5.75 Å². The van der Waals surface area contributed by atoms with Crippen LogP contribution in [-0.2, 0) is 6.61 Å². The number of hydrogen-bond donors (Lipinski definition) is 2. The highest BCUT2D eigenvalue weighted by Gasteiger charge is 2.11. The van der Waals surface area contributed by atoms with Crippen molar-refractivity contribution in [1.29, 1.82) is 0 Å². The predicted molar refractivity (Wildman–Crippen MR) is 110 cm³/mol. The summed E-state index contributed by atoms with van der Waals surface area (Å²) < 4.78 is 5.64. The van der Waals surface area contributed by atoms with Gasteiger partial charge in [-0.1, -0.05) is 23.7 Å². The van der Waals surface area contributed by atoms with Crippen molar-refractivity contribution in [3.05, 3.63) is 105 Å². The number of carbonyl (C=O) groups is 2. The van der Waals surface area contributed by atoms with Gasteiger partial charge >= 0.3 is 0 Å². The van der Waals surface area contributed by atoms with Crippen molar-refractivity contribution in [2.24, 2.45) is 0 Å². The summed E-state index contributed by atoms with van der Waals surface area (Å²) in [6.45, 7) is 0.320. The molecule has 0 unspecified atom stereocenters. The number of amides is 2. The number of hydrazine groups is 1. The fraction of sp³-hybridized carbons (Fsp3) is 0.0476. The van der Waals surface area contributed by atoms with Crippen LogP contribution in [0.4, 0.5) is 5.69 Å². The van der Waals surface area contributed by atoms with Crippen LogP contribution in [0.5, 0.6) is 5.75 Å². The third-order valence-corrected chi connectivity index (χ3v) is 4.32. The maximum Gasteiger partial charge on any atom is 0.269 e. The van der Waals surface area contributed by atoms with Crippen LogP contribution < -0.4 is 15.6 Å². The fourth-order valence-electron chi connectivity index (χ4n) is 2.44. The van der Waals surface area contributed by atoms with Gasteiger partial charge in [-0.2, -0.15) is 0 Å². The van der Waals surface area contributed by atoms with Gasteiger partial charge < -0.3 is 4.74 Å². The molecular formula is C21H16ClN3O5. The van der Waals surface area contributed by atoms with E-state index in [2.05, 4.69) is 10.9 Å². The lowest BCUT2D eigenvalue weighted by Crippen LogP contribution is -2.41. The molecule has 2 N–H and O–H groups in total. The zero-order valence-corrected chi connectivity index (χ0v) is 16.3. The maximum absolute atomic E-state index is 12.2. The van der Waals surface area contributed by atoms with Gasteiger partial charge in [-0.15, -0.1) is 0 Å². The number of nitro benzene ring substituents is 1. The maximum atomic E-state index is 12.2. The summed E-state index contributed by atoms with van der Waals surface area (Å²) in [7, 11) is 0. The SMILES string of the molecule is O=C(NNC(=O)c1ccc([N+](=O)[O-])cc1)c1ccc(COc2ccc(Cl)cc2)cc1. The third kappa shape index (κ3) is 5.55. The first-order valence-electron chi connectivity index (χ1n) is 8.75. The molecule has 0 fully saturated rings. The topological polar surface area (TPSA) is 111 Å². The number of nitro groups is 1. The molecule has 0 aromatic heterocycles. The highest BCUT2D eigenvalue weighted by Crippen LogP contribution is 2.17. The van der Waals surface area contributed by atoms with Crippen LogP contribution in [0, 0.1) is 10.1 Å². The van der Waals surface area contributed by atoms with Gasteiger partial charge in [0.2, 0.25) is 0 Å². The molecule has 30 heavy (non-hydrogen) atoms. The molecule has 0 saturated carbocycles. The lowest BCUT2D eigenvalue weighted by atomic mass is 10.1. The Balaban J connectivity index is 1.50. The van der Waals surface area contributed by atoms with Gasteiger partial charge in [0.15, 0.2) is 0 Å². The average Bonchev–Trinajstić information content (AvgIpc) is 2.77. The minimum absolute atomic E-state index is 0.129. The molecule has 0 saturated heterocycles.